The highest BCUT2D eigenvalue weighted by Crippen LogP contribution is 2.45. The standard InChI is InChI=1S/C34H44F4O/c1-3-5-6-8-21-9-11-22(12-10-21)13-14-23-17-25-18-26-19-28(24-15-16-27(7-4-2)39-20-24)32(36)34(38)30(26)29(25)33(37)31(23)35/h17,19,21-22,24,27H,3-16,18,20H2,1-2H3. The van der Waals surface area contributed by atoms with Crippen LogP contribution in [0.2, 0.25) is 0 Å². The number of fused-ring (bicyclic) bond motifs is 3. The predicted octanol–water partition coefficient (Wildman–Crippen LogP) is 10.2. The Kier molecular flexibility index (Phi) is 9.36. The van der Waals surface area contributed by atoms with Crippen LogP contribution >= 0.6 is 0 Å². The highest BCUT2D eigenvalue weighted by atomic mass is 19.2. The monoisotopic (exact) mass is 544 g/mol. The van der Waals surface area contributed by atoms with Gasteiger partial charge in [0.05, 0.1) is 12.7 Å². The van der Waals surface area contributed by atoms with Crippen LogP contribution in [0.25, 0.3) is 11.1 Å². The average Bonchev–Trinajstić information content (AvgIpc) is 3.32. The first-order valence-corrected chi connectivity index (χ1v) is 15.5. The maximum atomic E-state index is 15.4. The summed E-state index contributed by atoms with van der Waals surface area (Å²) >= 11 is 0. The Morgan fingerprint density at radius 2 is 1.36 bits per heavy atom. The highest BCUT2D eigenvalue weighted by molar-refractivity contribution is 5.79. The molecule has 2 atom stereocenters. The van der Waals surface area contributed by atoms with Crippen molar-refractivity contribution in [3.63, 3.8) is 0 Å². The van der Waals surface area contributed by atoms with E-state index in [1.807, 2.05) is 0 Å². The first kappa shape index (κ1) is 28.6. The molecule has 2 aromatic rings. The number of unbranched alkanes of at least 4 members (excludes halogenated alkanes) is 2. The van der Waals surface area contributed by atoms with Crippen molar-refractivity contribution in [2.45, 2.75) is 122 Å². The van der Waals surface area contributed by atoms with Gasteiger partial charge in [0.15, 0.2) is 23.3 Å². The van der Waals surface area contributed by atoms with Crippen molar-refractivity contribution in [2.75, 3.05) is 6.61 Å². The number of rotatable bonds is 10. The molecule has 1 aliphatic heterocycles. The van der Waals surface area contributed by atoms with Gasteiger partial charge in [-0.2, -0.15) is 0 Å². The summed E-state index contributed by atoms with van der Waals surface area (Å²) in [7, 11) is 0. The minimum absolute atomic E-state index is 0.0929. The van der Waals surface area contributed by atoms with E-state index >= 15 is 17.6 Å². The topological polar surface area (TPSA) is 9.23 Å². The summed E-state index contributed by atoms with van der Waals surface area (Å²) in [6.07, 6.45) is 15.3. The first-order valence-electron chi connectivity index (χ1n) is 15.5. The normalized spacial score (nSPS) is 24.6. The smallest absolute Gasteiger partial charge is 0.167 e. The summed E-state index contributed by atoms with van der Waals surface area (Å²) in [6, 6.07) is 3.39. The van der Waals surface area contributed by atoms with Crippen LogP contribution < -0.4 is 0 Å². The van der Waals surface area contributed by atoms with Crippen LogP contribution in [0.1, 0.15) is 125 Å². The molecular weight excluding hydrogens is 500 g/mol. The van der Waals surface area contributed by atoms with Gasteiger partial charge in [-0.05, 0) is 72.6 Å². The molecule has 0 N–H and O–H groups in total. The van der Waals surface area contributed by atoms with E-state index in [-0.39, 0.29) is 23.1 Å². The van der Waals surface area contributed by atoms with Crippen LogP contribution in [0.5, 0.6) is 0 Å². The van der Waals surface area contributed by atoms with Crippen molar-refractivity contribution < 1.29 is 22.3 Å². The van der Waals surface area contributed by atoms with Crippen molar-refractivity contribution >= 4 is 0 Å². The van der Waals surface area contributed by atoms with E-state index in [2.05, 4.69) is 13.8 Å². The van der Waals surface area contributed by atoms with Gasteiger partial charge in [-0.25, -0.2) is 17.6 Å². The summed E-state index contributed by atoms with van der Waals surface area (Å²) in [5, 5.41) is 0. The minimum atomic E-state index is -1.06. The van der Waals surface area contributed by atoms with E-state index in [1.165, 1.54) is 38.5 Å². The van der Waals surface area contributed by atoms with E-state index in [9.17, 15) is 0 Å². The largest absolute Gasteiger partial charge is 0.378 e. The van der Waals surface area contributed by atoms with Crippen molar-refractivity contribution in [3.8, 4) is 11.1 Å². The van der Waals surface area contributed by atoms with Gasteiger partial charge < -0.3 is 4.74 Å². The Labute approximate surface area is 231 Å². The molecule has 2 aliphatic carbocycles. The molecule has 0 aromatic heterocycles. The summed E-state index contributed by atoms with van der Waals surface area (Å²) in [5.41, 5.74) is 1.59. The van der Waals surface area contributed by atoms with Crippen molar-refractivity contribution in [1.29, 1.82) is 0 Å². The lowest BCUT2D eigenvalue weighted by Crippen LogP contribution is -2.25. The minimum Gasteiger partial charge on any atom is -0.378 e. The molecule has 0 amide bonds. The molecular formula is C34H44F4O. The molecule has 2 aromatic carbocycles. The molecule has 1 nitrogen and oxygen atoms in total. The second kappa shape index (κ2) is 12.7. The number of hydrogen-bond acceptors (Lipinski definition) is 1. The van der Waals surface area contributed by atoms with Crippen LogP contribution in [0.3, 0.4) is 0 Å². The van der Waals surface area contributed by atoms with Gasteiger partial charge in [0, 0.05) is 17.0 Å². The van der Waals surface area contributed by atoms with E-state index < -0.39 is 23.3 Å². The fourth-order valence-corrected chi connectivity index (χ4v) is 7.39. The Hall–Kier alpha value is -1.88. The Morgan fingerprint density at radius 3 is 2.00 bits per heavy atom. The number of aryl methyl sites for hydroxylation is 1. The third-order valence-corrected chi connectivity index (χ3v) is 9.74. The van der Waals surface area contributed by atoms with E-state index in [1.54, 1.807) is 12.1 Å². The van der Waals surface area contributed by atoms with E-state index in [4.69, 9.17) is 4.74 Å². The third-order valence-electron chi connectivity index (χ3n) is 9.74. The molecule has 0 bridgehead atoms. The van der Waals surface area contributed by atoms with Gasteiger partial charge in [-0.3, -0.25) is 0 Å². The second-order valence-electron chi connectivity index (χ2n) is 12.4. The lowest BCUT2D eigenvalue weighted by molar-refractivity contribution is -0.00182. The summed E-state index contributed by atoms with van der Waals surface area (Å²) in [4.78, 5) is 0. The van der Waals surface area contributed by atoms with Crippen LogP contribution in [-0.2, 0) is 17.6 Å². The summed E-state index contributed by atoms with van der Waals surface area (Å²) in [6.45, 7) is 4.70. The van der Waals surface area contributed by atoms with Gasteiger partial charge in [0.25, 0.3) is 0 Å². The predicted molar refractivity (Wildman–Crippen MR) is 149 cm³/mol. The lowest BCUT2D eigenvalue weighted by atomic mass is 9.77. The Morgan fingerprint density at radius 1 is 0.692 bits per heavy atom. The average molecular weight is 545 g/mol. The molecule has 5 rings (SSSR count). The highest BCUT2D eigenvalue weighted by Gasteiger charge is 2.34. The zero-order chi connectivity index (χ0) is 27.5. The van der Waals surface area contributed by atoms with Crippen LogP contribution in [0, 0.1) is 35.1 Å². The SMILES string of the molecule is CCCCCC1CCC(CCc2cc3c(c(F)c2F)-c2c(cc(C4CCC(CCC)OC4)c(F)c2F)C3)CC1. The molecule has 2 unspecified atom stereocenters. The quantitative estimate of drug-likeness (QED) is 0.182. The zero-order valence-electron chi connectivity index (χ0n) is 23.7. The first-order chi connectivity index (χ1) is 18.9. The van der Waals surface area contributed by atoms with Crippen LogP contribution in [0.4, 0.5) is 17.6 Å². The molecule has 3 aliphatic rings. The van der Waals surface area contributed by atoms with Gasteiger partial charge >= 0.3 is 0 Å². The molecule has 1 saturated heterocycles. The molecule has 1 heterocycles. The van der Waals surface area contributed by atoms with E-state index in [0.717, 1.165) is 50.9 Å². The molecule has 5 heteroatoms. The number of benzene rings is 2. The van der Waals surface area contributed by atoms with Gasteiger partial charge in [0.2, 0.25) is 0 Å². The fourth-order valence-electron chi connectivity index (χ4n) is 7.39. The van der Waals surface area contributed by atoms with Crippen molar-refractivity contribution in [3.05, 3.63) is 57.7 Å². The Bertz CT molecular complexity index is 1140. The van der Waals surface area contributed by atoms with Crippen molar-refractivity contribution in [1.82, 2.24) is 0 Å². The van der Waals surface area contributed by atoms with Crippen LogP contribution in [0.15, 0.2) is 12.1 Å². The Balaban J connectivity index is 1.27. The number of halogens is 4. The molecule has 214 valence electrons. The summed E-state index contributed by atoms with van der Waals surface area (Å²) < 4.78 is 67.3. The third kappa shape index (κ3) is 6.09. The zero-order valence-corrected chi connectivity index (χ0v) is 23.7. The van der Waals surface area contributed by atoms with E-state index in [0.29, 0.717) is 47.6 Å². The lowest BCUT2D eigenvalue weighted by Gasteiger charge is -2.29. The maximum absolute atomic E-state index is 15.4. The van der Waals surface area contributed by atoms with Gasteiger partial charge in [0.1, 0.15) is 0 Å². The second-order valence-corrected chi connectivity index (χ2v) is 12.4. The van der Waals surface area contributed by atoms with Gasteiger partial charge in [-0.1, -0.05) is 83.8 Å². The molecule has 1 saturated carbocycles. The number of ether oxygens (including phenoxy) is 1. The molecule has 0 spiro atoms. The molecule has 39 heavy (non-hydrogen) atoms. The maximum Gasteiger partial charge on any atom is 0.167 e. The fraction of sp³-hybridized carbons (Fsp3) is 0.647. The molecule has 0 radical (unpaired) electrons. The summed E-state index contributed by atoms with van der Waals surface area (Å²) in [5.74, 6) is -2.79. The molecule has 2 fully saturated rings. The van der Waals surface area contributed by atoms with Crippen molar-refractivity contribution in [2.24, 2.45) is 11.8 Å². The number of hydrogen-bond donors (Lipinski definition) is 0. The van der Waals surface area contributed by atoms with Crippen LogP contribution in [-0.4, -0.2) is 12.7 Å². The van der Waals surface area contributed by atoms with Gasteiger partial charge in [-0.15, -0.1) is 0 Å².